The van der Waals surface area contributed by atoms with E-state index in [1.807, 2.05) is 4.90 Å². The van der Waals surface area contributed by atoms with E-state index in [0.717, 1.165) is 17.7 Å². The van der Waals surface area contributed by atoms with Crippen LogP contribution in [0, 0.1) is 0 Å². The van der Waals surface area contributed by atoms with Crippen LogP contribution in [-0.4, -0.2) is 53.5 Å². The van der Waals surface area contributed by atoms with Crippen LogP contribution < -0.4 is 27.4 Å². The summed E-state index contributed by atoms with van der Waals surface area (Å²) < 4.78 is 38.7. The van der Waals surface area contributed by atoms with Crippen molar-refractivity contribution < 1.29 is 32.7 Å². The molecule has 35 heavy (non-hydrogen) atoms. The Hall–Kier alpha value is -4.00. The van der Waals surface area contributed by atoms with E-state index >= 15 is 0 Å². The number of nitrogens with two attached hydrogens (primary N) is 2. The SMILES string of the molecule is NC(=O)Nc1cc(CN2CC[C@@H](NC(=O)CNC(=O)c3cc(C(F)(F)F)ccc3N)C2)ccc1O. The van der Waals surface area contributed by atoms with E-state index < -0.39 is 36.1 Å². The van der Waals surface area contributed by atoms with Gasteiger partial charge in [-0.25, -0.2) is 4.79 Å². The molecule has 0 aliphatic carbocycles. The Balaban J connectivity index is 1.49. The average Bonchev–Trinajstić information content (AvgIpc) is 3.20. The van der Waals surface area contributed by atoms with Crippen molar-refractivity contribution in [2.75, 3.05) is 30.7 Å². The van der Waals surface area contributed by atoms with Crippen molar-refractivity contribution in [2.24, 2.45) is 5.73 Å². The molecule has 4 amide bonds. The number of nitrogen functional groups attached to an aromatic ring is 1. The first-order valence-electron chi connectivity index (χ1n) is 10.6. The molecule has 2 aromatic rings. The van der Waals surface area contributed by atoms with Crippen LogP contribution >= 0.6 is 0 Å². The minimum atomic E-state index is -4.63. The summed E-state index contributed by atoms with van der Waals surface area (Å²) in [6.45, 7) is 1.24. The van der Waals surface area contributed by atoms with Crippen LogP contribution in [0.4, 0.5) is 29.3 Å². The lowest BCUT2D eigenvalue weighted by Gasteiger charge is -2.18. The number of phenols is 1. The molecule has 0 spiro atoms. The van der Waals surface area contributed by atoms with Crippen molar-refractivity contribution in [3.8, 4) is 5.75 Å². The zero-order chi connectivity index (χ0) is 25.8. The number of aromatic hydroxyl groups is 1. The Labute approximate surface area is 198 Å². The topological polar surface area (TPSA) is 163 Å². The largest absolute Gasteiger partial charge is 0.506 e. The minimum absolute atomic E-state index is 0.118. The molecular weight excluding hydrogens is 469 g/mol. The molecule has 8 N–H and O–H groups in total. The minimum Gasteiger partial charge on any atom is -0.506 e. The summed E-state index contributed by atoms with van der Waals surface area (Å²) in [5.74, 6) is -1.49. The fourth-order valence-corrected chi connectivity index (χ4v) is 3.73. The summed E-state index contributed by atoms with van der Waals surface area (Å²) in [7, 11) is 0. The Kier molecular flexibility index (Phi) is 7.69. The molecule has 188 valence electrons. The molecule has 3 rings (SSSR count). The molecule has 1 aliphatic heterocycles. The number of hydrogen-bond donors (Lipinski definition) is 6. The molecule has 0 unspecified atom stereocenters. The van der Waals surface area contributed by atoms with E-state index in [9.17, 15) is 32.7 Å². The van der Waals surface area contributed by atoms with E-state index in [2.05, 4.69) is 16.0 Å². The molecular formula is C22H25F3N6O4. The van der Waals surface area contributed by atoms with Crippen LogP contribution in [0.3, 0.4) is 0 Å². The smallest absolute Gasteiger partial charge is 0.416 e. The van der Waals surface area contributed by atoms with E-state index in [-0.39, 0.29) is 28.7 Å². The van der Waals surface area contributed by atoms with Gasteiger partial charge in [0.25, 0.3) is 5.91 Å². The Morgan fingerprint density at radius 2 is 1.89 bits per heavy atom. The van der Waals surface area contributed by atoms with Gasteiger partial charge >= 0.3 is 12.2 Å². The summed E-state index contributed by atoms with van der Waals surface area (Å²) in [4.78, 5) is 37.6. The Bertz CT molecular complexity index is 1120. The highest BCUT2D eigenvalue weighted by molar-refractivity contribution is 6.00. The number of nitrogens with zero attached hydrogens (tertiary/aromatic N) is 1. The van der Waals surface area contributed by atoms with Gasteiger partial charge < -0.3 is 32.5 Å². The zero-order valence-electron chi connectivity index (χ0n) is 18.5. The number of likely N-dealkylation sites (tertiary alicyclic amines) is 1. The number of phenolic OH excluding ortho intramolecular Hbond substituents is 1. The molecule has 0 bridgehead atoms. The van der Waals surface area contributed by atoms with Crippen LogP contribution in [0.15, 0.2) is 36.4 Å². The Morgan fingerprint density at radius 1 is 1.14 bits per heavy atom. The number of urea groups is 1. The van der Waals surface area contributed by atoms with Gasteiger partial charge in [0.15, 0.2) is 0 Å². The van der Waals surface area contributed by atoms with Gasteiger partial charge in [-0.05, 0) is 42.3 Å². The lowest BCUT2D eigenvalue weighted by atomic mass is 10.1. The van der Waals surface area contributed by atoms with Gasteiger partial charge in [0.1, 0.15) is 5.75 Å². The number of anilines is 2. The molecule has 13 heteroatoms. The third-order valence-electron chi connectivity index (χ3n) is 5.40. The van der Waals surface area contributed by atoms with E-state index in [1.54, 1.807) is 12.1 Å². The third-order valence-corrected chi connectivity index (χ3v) is 5.40. The number of alkyl halides is 3. The lowest BCUT2D eigenvalue weighted by molar-refractivity contribution is -0.137. The molecule has 0 aromatic heterocycles. The number of benzene rings is 2. The number of nitrogens with one attached hydrogen (secondary N) is 3. The molecule has 1 heterocycles. The molecule has 0 radical (unpaired) electrons. The molecule has 2 aromatic carbocycles. The van der Waals surface area contributed by atoms with Gasteiger partial charge in [-0.1, -0.05) is 6.07 Å². The normalized spacial score (nSPS) is 16.0. The number of amides is 4. The van der Waals surface area contributed by atoms with Gasteiger partial charge in [0.2, 0.25) is 5.91 Å². The van der Waals surface area contributed by atoms with Crippen molar-refractivity contribution in [1.82, 2.24) is 15.5 Å². The van der Waals surface area contributed by atoms with Gasteiger partial charge in [0.05, 0.1) is 23.4 Å². The first-order valence-corrected chi connectivity index (χ1v) is 10.6. The van der Waals surface area contributed by atoms with Crippen LogP contribution in [0.1, 0.15) is 27.9 Å². The van der Waals surface area contributed by atoms with Gasteiger partial charge in [-0.2, -0.15) is 13.2 Å². The highest BCUT2D eigenvalue weighted by Gasteiger charge is 2.31. The van der Waals surface area contributed by atoms with Crippen molar-refractivity contribution in [1.29, 1.82) is 0 Å². The second-order valence-electron chi connectivity index (χ2n) is 8.11. The molecule has 0 saturated carbocycles. The highest BCUT2D eigenvalue weighted by atomic mass is 19.4. The van der Waals surface area contributed by atoms with Crippen LogP contribution in [0.5, 0.6) is 5.75 Å². The maximum atomic E-state index is 12.9. The van der Waals surface area contributed by atoms with E-state index in [1.165, 1.54) is 6.07 Å². The standard InChI is InChI=1S/C22H25F3N6O4/c23-22(24,25)13-2-3-16(26)15(8-13)20(34)28-9-19(33)29-14-5-6-31(11-14)10-12-1-4-18(32)17(7-12)30-21(27)35/h1-4,7-8,14,32H,5-6,9-11,26H2,(H,28,34)(H,29,33)(H3,27,30,35)/t14-/m1/s1. The van der Waals surface area contributed by atoms with E-state index in [4.69, 9.17) is 11.5 Å². The van der Waals surface area contributed by atoms with Gasteiger partial charge in [0, 0.05) is 31.4 Å². The molecule has 1 atom stereocenters. The highest BCUT2D eigenvalue weighted by Crippen LogP contribution is 2.31. The number of carbonyl (C=O) groups excluding carboxylic acids is 3. The lowest BCUT2D eigenvalue weighted by Crippen LogP contribution is -2.43. The fraction of sp³-hybridized carbons (Fsp3) is 0.318. The molecule has 1 aliphatic rings. The van der Waals surface area contributed by atoms with Crippen LogP contribution in [0.2, 0.25) is 0 Å². The van der Waals surface area contributed by atoms with Crippen molar-refractivity contribution in [3.63, 3.8) is 0 Å². The summed E-state index contributed by atoms with van der Waals surface area (Å²) in [5.41, 5.74) is 10.2. The van der Waals surface area contributed by atoms with Crippen LogP contribution in [-0.2, 0) is 17.5 Å². The van der Waals surface area contributed by atoms with Crippen molar-refractivity contribution >= 4 is 29.2 Å². The number of rotatable bonds is 7. The molecule has 10 nitrogen and oxygen atoms in total. The van der Waals surface area contributed by atoms with Crippen molar-refractivity contribution in [3.05, 3.63) is 53.1 Å². The average molecular weight is 494 g/mol. The zero-order valence-corrected chi connectivity index (χ0v) is 18.5. The third kappa shape index (κ3) is 6.99. The predicted octanol–water partition coefficient (Wildman–Crippen LogP) is 1.60. The van der Waals surface area contributed by atoms with Crippen LogP contribution in [0.25, 0.3) is 0 Å². The van der Waals surface area contributed by atoms with E-state index in [0.29, 0.717) is 32.1 Å². The quantitative estimate of drug-likeness (QED) is 0.253. The first-order chi connectivity index (χ1) is 16.4. The van der Waals surface area contributed by atoms with Gasteiger partial charge in [-0.3, -0.25) is 14.5 Å². The Morgan fingerprint density at radius 3 is 2.57 bits per heavy atom. The summed E-state index contributed by atoms with van der Waals surface area (Å²) >= 11 is 0. The number of primary amides is 1. The maximum Gasteiger partial charge on any atom is 0.416 e. The summed E-state index contributed by atoms with van der Waals surface area (Å²) in [6.07, 6.45) is -3.99. The second kappa shape index (κ2) is 10.5. The first kappa shape index (κ1) is 25.6. The molecule has 1 fully saturated rings. The number of halogens is 3. The monoisotopic (exact) mass is 494 g/mol. The van der Waals surface area contributed by atoms with Gasteiger partial charge in [-0.15, -0.1) is 0 Å². The predicted molar refractivity (Wildman–Crippen MR) is 121 cm³/mol. The number of carbonyl (C=O) groups is 3. The maximum absolute atomic E-state index is 12.9. The summed E-state index contributed by atoms with van der Waals surface area (Å²) in [6, 6.07) is 6.15. The molecule has 1 saturated heterocycles. The summed E-state index contributed by atoms with van der Waals surface area (Å²) in [5, 5.41) is 17.2. The second-order valence-corrected chi connectivity index (χ2v) is 8.11. The van der Waals surface area contributed by atoms with Crippen molar-refractivity contribution in [2.45, 2.75) is 25.2 Å². The fourth-order valence-electron chi connectivity index (χ4n) is 3.73. The number of hydrogen-bond acceptors (Lipinski definition) is 6.